The third-order valence-corrected chi connectivity index (χ3v) is 2.23. The van der Waals surface area contributed by atoms with E-state index < -0.39 is 43.5 Å². The van der Waals surface area contributed by atoms with E-state index in [-0.39, 0.29) is 0 Å². The van der Waals surface area contributed by atoms with Crippen LogP contribution in [0, 0.1) is 0 Å². The fraction of sp³-hybridized carbons (Fsp3) is 0.889. The zero-order chi connectivity index (χ0) is 12.8. The maximum Gasteiger partial charge on any atom is 0.315 e. The molecule has 0 aliphatic heterocycles. The summed E-state index contributed by atoms with van der Waals surface area (Å²) in [4.78, 5) is 11.4. The summed E-state index contributed by atoms with van der Waals surface area (Å²) in [6, 6.07) is -0.684. The Balaban J connectivity index is 4.38. The van der Waals surface area contributed by atoms with Crippen molar-refractivity contribution in [1.29, 1.82) is 0 Å². The molecule has 6 N–H and O–H groups in total. The molecular weight excluding hydrogens is 216 g/mol. The zero-order valence-electron chi connectivity index (χ0n) is 9.53. The van der Waals surface area contributed by atoms with E-state index in [9.17, 15) is 4.79 Å². The van der Waals surface area contributed by atoms with Crippen LogP contribution in [0.15, 0.2) is 0 Å². The molecule has 0 spiro atoms. The molecule has 96 valence electrons. The second-order valence-electron chi connectivity index (χ2n) is 4.33. The first kappa shape index (κ1) is 15.1. The van der Waals surface area contributed by atoms with E-state index in [0.29, 0.717) is 0 Å². The van der Waals surface area contributed by atoms with Crippen LogP contribution < -0.4 is 10.6 Å². The molecule has 0 radical (unpaired) electrons. The molecule has 2 amide bonds. The summed E-state index contributed by atoms with van der Waals surface area (Å²) in [5.41, 5.74) is -2.29. The Kier molecular flexibility index (Phi) is 5.66. The first-order chi connectivity index (χ1) is 7.34. The van der Waals surface area contributed by atoms with Crippen molar-refractivity contribution in [3.8, 4) is 0 Å². The fourth-order valence-corrected chi connectivity index (χ4v) is 0.838. The first-order valence-corrected chi connectivity index (χ1v) is 4.88. The van der Waals surface area contributed by atoms with Gasteiger partial charge < -0.3 is 31.1 Å². The highest BCUT2D eigenvalue weighted by atomic mass is 16.3. The third kappa shape index (κ3) is 4.31. The number of amides is 2. The molecule has 0 unspecified atom stereocenters. The minimum atomic E-state index is -1.14. The molecule has 0 fully saturated rings. The van der Waals surface area contributed by atoms with E-state index in [1.165, 1.54) is 13.8 Å². The molecule has 7 nitrogen and oxygen atoms in total. The molecule has 0 heterocycles. The highest BCUT2D eigenvalue weighted by Gasteiger charge is 2.29. The van der Waals surface area contributed by atoms with E-state index in [2.05, 4.69) is 10.6 Å². The van der Waals surface area contributed by atoms with E-state index >= 15 is 0 Å². The Morgan fingerprint density at radius 2 is 1.12 bits per heavy atom. The van der Waals surface area contributed by atoms with Crippen LogP contribution in [0.3, 0.4) is 0 Å². The van der Waals surface area contributed by atoms with Gasteiger partial charge in [-0.3, -0.25) is 0 Å². The Labute approximate surface area is 94.1 Å². The molecule has 0 aromatic rings. The Hall–Kier alpha value is -0.890. The van der Waals surface area contributed by atoms with E-state index in [0.717, 1.165) is 0 Å². The van der Waals surface area contributed by atoms with Crippen molar-refractivity contribution in [2.24, 2.45) is 0 Å². The van der Waals surface area contributed by atoms with Crippen LogP contribution in [0.1, 0.15) is 13.8 Å². The van der Waals surface area contributed by atoms with Gasteiger partial charge in [-0.2, -0.15) is 0 Å². The zero-order valence-corrected chi connectivity index (χ0v) is 9.53. The SMILES string of the molecule is CC(CO)(CO)NC(=O)NC(C)(CO)CO. The second-order valence-corrected chi connectivity index (χ2v) is 4.33. The lowest BCUT2D eigenvalue weighted by Crippen LogP contribution is -2.61. The fourth-order valence-electron chi connectivity index (χ4n) is 0.838. The van der Waals surface area contributed by atoms with Crippen LogP contribution in [-0.4, -0.2) is 64.0 Å². The number of carbonyl (C=O) groups is 1. The molecular formula is C9H20N2O5. The minimum absolute atomic E-state index is 0.425. The van der Waals surface area contributed by atoms with Crippen LogP contribution in [0.25, 0.3) is 0 Å². The average molecular weight is 236 g/mol. The van der Waals surface area contributed by atoms with Crippen molar-refractivity contribution < 1.29 is 25.2 Å². The number of carbonyl (C=O) groups excluding carboxylic acids is 1. The van der Waals surface area contributed by atoms with Gasteiger partial charge in [-0.1, -0.05) is 0 Å². The monoisotopic (exact) mass is 236 g/mol. The van der Waals surface area contributed by atoms with Gasteiger partial charge in [0.2, 0.25) is 0 Å². The highest BCUT2D eigenvalue weighted by Crippen LogP contribution is 2.03. The van der Waals surface area contributed by atoms with Crippen molar-refractivity contribution in [3.05, 3.63) is 0 Å². The summed E-state index contributed by atoms with van der Waals surface area (Å²) < 4.78 is 0. The van der Waals surface area contributed by atoms with E-state index in [1.807, 2.05) is 0 Å². The Bertz CT molecular complexity index is 204. The van der Waals surface area contributed by atoms with Gasteiger partial charge in [-0.05, 0) is 13.8 Å². The van der Waals surface area contributed by atoms with Gasteiger partial charge in [0.05, 0.1) is 37.5 Å². The molecule has 0 aliphatic carbocycles. The first-order valence-electron chi connectivity index (χ1n) is 4.88. The number of urea groups is 1. The van der Waals surface area contributed by atoms with Crippen molar-refractivity contribution in [2.75, 3.05) is 26.4 Å². The van der Waals surface area contributed by atoms with Crippen LogP contribution in [0.2, 0.25) is 0 Å². The smallest absolute Gasteiger partial charge is 0.315 e. The summed E-state index contributed by atoms with van der Waals surface area (Å²) in [5, 5.41) is 40.5. The molecule has 0 saturated carbocycles. The summed E-state index contributed by atoms with van der Waals surface area (Å²) in [6.07, 6.45) is 0. The standard InChI is InChI=1S/C9H20N2O5/c1-8(3-12,4-13)10-7(16)11-9(2,5-14)6-15/h12-15H,3-6H2,1-2H3,(H2,10,11,16). The quantitative estimate of drug-likeness (QED) is 0.312. The topological polar surface area (TPSA) is 122 Å². The molecule has 0 saturated heterocycles. The largest absolute Gasteiger partial charge is 0.394 e. The molecule has 0 rings (SSSR count). The van der Waals surface area contributed by atoms with Crippen molar-refractivity contribution in [1.82, 2.24) is 10.6 Å². The molecule has 0 aromatic carbocycles. The van der Waals surface area contributed by atoms with Crippen molar-refractivity contribution in [2.45, 2.75) is 24.9 Å². The van der Waals surface area contributed by atoms with Gasteiger partial charge in [-0.15, -0.1) is 0 Å². The summed E-state index contributed by atoms with van der Waals surface area (Å²) >= 11 is 0. The number of nitrogens with one attached hydrogen (secondary N) is 2. The van der Waals surface area contributed by atoms with Gasteiger partial charge in [0.1, 0.15) is 0 Å². The van der Waals surface area contributed by atoms with E-state index in [1.54, 1.807) is 0 Å². The average Bonchev–Trinajstić information content (AvgIpc) is 2.28. The van der Waals surface area contributed by atoms with Crippen molar-refractivity contribution in [3.63, 3.8) is 0 Å². The van der Waals surface area contributed by atoms with Crippen LogP contribution >= 0.6 is 0 Å². The summed E-state index contributed by atoms with van der Waals surface area (Å²) in [5.74, 6) is 0. The molecule has 7 heteroatoms. The maximum atomic E-state index is 11.4. The minimum Gasteiger partial charge on any atom is -0.394 e. The summed E-state index contributed by atoms with van der Waals surface area (Å²) in [7, 11) is 0. The number of hydrogen-bond donors (Lipinski definition) is 6. The van der Waals surface area contributed by atoms with Gasteiger partial charge in [0.25, 0.3) is 0 Å². The van der Waals surface area contributed by atoms with Crippen LogP contribution in [0.5, 0.6) is 0 Å². The number of hydrogen-bond acceptors (Lipinski definition) is 5. The number of rotatable bonds is 6. The van der Waals surface area contributed by atoms with Gasteiger partial charge >= 0.3 is 6.03 Å². The Morgan fingerprint density at radius 3 is 1.31 bits per heavy atom. The predicted octanol–water partition coefficient (Wildman–Crippen LogP) is -2.23. The normalized spacial score (nSPS) is 12.4. The van der Waals surface area contributed by atoms with Crippen LogP contribution in [0.4, 0.5) is 4.79 Å². The molecule has 0 aliphatic rings. The maximum absolute atomic E-state index is 11.4. The van der Waals surface area contributed by atoms with E-state index in [4.69, 9.17) is 20.4 Å². The molecule has 0 bridgehead atoms. The number of aliphatic hydroxyl groups excluding tert-OH is 4. The van der Waals surface area contributed by atoms with Crippen molar-refractivity contribution >= 4 is 6.03 Å². The van der Waals surface area contributed by atoms with Gasteiger partial charge in [0, 0.05) is 0 Å². The lowest BCUT2D eigenvalue weighted by atomic mass is 10.0. The lowest BCUT2D eigenvalue weighted by molar-refractivity contribution is 0.0919. The second kappa shape index (κ2) is 6.00. The molecule has 0 aromatic heterocycles. The molecule has 0 atom stereocenters. The number of aliphatic hydroxyl groups is 4. The Morgan fingerprint density at radius 1 is 0.875 bits per heavy atom. The third-order valence-electron chi connectivity index (χ3n) is 2.23. The lowest BCUT2D eigenvalue weighted by Gasteiger charge is -2.31. The highest BCUT2D eigenvalue weighted by molar-refractivity contribution is 5.75. The summed E-state index contributed by atoms with van der Waals surface area (Å²) in [6.45, 7) is 1.22. The molecule has 16 heavy (non-hydrogen) atoms. The van der Waals surface area contributed by atoms with Gasteiger partial charge in [0.15, 0.2) is 0 Å². The predicted molar refractivity (Wildman–Crippen MR) is 56.8 cm³/mol. The van der Waals surface area contributed by atoms with Gasteiger partial charge in [-0.25, -0.2) is 4.79 Å². The van der Waals surface area contributed by atoms with Crippen LogP contribution in [-0.2, 0) is 0 Å².